The number of likely N-dealkylation sites (N-methyl/N-ethyl adjacent to an activating group) is 1. The normalized spacial score (nSPS) is 14.4. The molecule has 0 aromatic heterocycles. The molecule has 0 atom stereocenters. The van der Waals surface area contributed by atoms with Crippen LogP contribution in [0.5, 0.6) is 5.75 Å². The predicted molar refractivity (Wildman–Crippen MR) is 148 cm³/mol. The molecule has 0 bridgehead atoms. The lowest BCUT2D eigenvalue weighted by molar-refractivity contribution is -0.384. The van der Waals surface area contributed by atoms with Crippen LogP contribution in [-0.2, 0) is 20.0 Å². The number of sulfonamides is 2. The average Bonchev–Trinajstić information content (AvgIpc) is 2.93. The van der Waals surface area contributed by atoms with Crippen molar-refractivity contribution in [2.24, 2.45) is 0 Å². The number of anilines is 2. The molecule has 1 fully saturated rings. The minimum Gasteiger partial charge on any atom is -0.495 e. The second-order valence-corrected chi connectivity index (χ2v) is 12.4. The molecule has 2 N–H and O–H groups in total. The number of carbonyl (C=O) groups is 1. The van der Waals surface area contributed by atoms with Crippen molar-refractivity contribution in [3.8, 4) is 5.75 Å². The maximum absolute atomic E-state index is 13.1. The van der Waals surface area contributed by atoms with E-state index in [1.165, 1.54) is 37.4 Å². The van der Waals surface area contributed by atoms with Crippen LogP contribution in [0.3, 0.4) is 0 Å². The van der Waals surface area contributed by atoms with Crippen molar-refractivity contribution in [3.63, 3.8) is 0 Å². The second kappa shape index (κ2) is 11.5. The number of non-ortho nitro benzene ring substituents is 1. The van der Waals surface area contributed by atoms with Gasteiger partial charge in [-0.3, -0.25) is 19.6 Å². The summed E-state index contributed by atoms with van der Waals surface area (Å²) in [5.74, 6) is -0.401. The molecule has 3 aromatic rings. The van der Waals surface area contributed by atoms with Gasteiger partial charge in [-0.15, -0.1) is 0 Å². The van der Waals surface area contributed by atoms with E-state index in [1.807, 2.05) is 11.8 Å². The summed E-state index contributed by atoms with van der Waals surface area (Å²) >= 11 is 0. The fourth-order valence-corrected chi connectivity index (χ4v) is 6.07. The summed E-state index contributed by atoms with van der Waals surface area (Å²) < 4.78 is 61.1. The van der Waals surface area contributed by atoms with Crippen molar-refractivity contribution in [1.29, 1.82) is 0 Å². The van der Waals surface area contributed by atoms with Crippen LogP contribution in [0.4, 0.5) is 17.1 Å². The zero-order chi connectivity index (χ0) is 29.1. The highest BCUT2D eigenvalue weighted by molar-refractivity contribution is 7.92. The number of carbonyl (C=O) groups excluding carboxylic acids is 1. The highest BCUT2D eigenvalue weighted by Crippen LogP contribution is 2.32. The Bertz CT molecular complexity index is 1620. The SMILES string of the molecule is COc1ccc(S(=O)(=O)Nc2ccc(C(=O)NS(=O)(=O)c3ccc([N+](=O)[O-])cc3)cc2)cc1N1CCN(C)CC1. The average molecular weight is 590 g/mol. The molecule has 0 spiro atoms. The largest absolute Gasteiger partial charge is 0.495 e. The number of hydrogen-bond donors (Lipinski definition) is 2. The van der Waals surface area contributed by atoms with Crippen molar-refractivity contribution in [2.45, 2.75) is 9.79 Å². The third kappa shape index (κ3) is 6.50. The lowest BCUT2D eigenvalue weighted by Crippen LogP contribution is -2.44. The number of nitro benzene ring substituents is 1. The van der Waals surface area contributed by atoms with Gasteiger partial charge in [0.25, 0.3) is 31.6 Å². The number of ether oxygens (including phenoxy) is 1. The van der Waals surface area contributed by atoms with Gasteiger partial charge in [0, 0.05) is 49.6 Å². The summed E-state index contributed by atoms with van der Waals surface area (Å²) in [6.45, 7) is 3.08. The van der Waals surface area contributed by atoms with E-state index >= 15 is 0 Å². The van der Waals surface area contributed by atoms with E-state index in [0.717, 1.165) is 37.4 Å². The first-order valence-corrected chi connectivity index (χ1v) is 14.9. The first-order valence-electron chi connectivity index (χ1n) is 12.0. The van der Waals surface area contributed by atoms with Crippen molar-refractivity contribution in [3.05, 3.63) is 82.4 Å². The predicted octanol–water partition coefficient (Wildman–Crippen LogP) is 2.27. The summed E-state index contributed by atoms with van der Waals surface area (Å²) in [7, 11) is -4.76. The molecule has 0 unspecified atom stereocenters. The van der Waals surface area contributed by atoms with Crippen LogP contribution in [-0.4, -0.2) is 72.9 Å². The second-order valence-electron chi connectivity index (χ2n) is 8.99. The Morgan fingerprint density at radius 2 is 1.48 bits per heavy atom. The van der Waals surface area contributed by atoms with Crippen molar-refractivity contribution >= 4 is 43.0 Å². The molecule has 13 nitrogen and oxygen atoms in total. The molecule has 0 saturated carbocycles. The highest BCUT2D eigenvalue weighted by Gasteiger charge is 2.23. The molecule has 1 aliphatic rings. The number of nitrogens with zero attached hydrogens (tertiary/aromatic N) is 3. The van der Waals surface area contributed by atoms with Gasteiger partial charge in [-0.2, -0.15) is 0 Å². The minimum absolute atomic E-state index is 0.0261. The van der Waals surface area contributed by atoms with Gasteiger partial charge in [0.2, 0.25) is 0 Å². The van der Waals surface area contributed by atoms with E-state index in [9.17, 15) is 31.7 Å². The molecular formula is C25H27N5O8S2. The van der Waals surface area contributed by atoms with Crippen LogP contribution in [0.25, 0.3) is 0 Å². The first kappa shape index (κ1) is 28.8. The van der Waals surface area contributed by atoms with Crippen LogP contribution >= 0.6 is 0 Å². The summed E-state index contributed by atoms with van der Waals surface area (Å²) in [4.78, 5) is 26.6. The minimum atomic E-state index is -4.30. The fourth-order valence-electron chi connectivity index (χ4n) is 4.02. The Balaban J connectivity index is 1.47. The maximum atomic E-state index is 13.1. The third-order valence-electron chi connectivity index (χ3n) is 6.29. The Labute approximate surface area is 231 Å². The Kier molecular flexibility index (Phi) is 8.27. The molecule has 0 radical (unpaired) electrons. The quantitative estimate of drug-likeness (QED) is 0.279. The monoisotopic (exact) mass is 589 g/mol. The van der Waals surface area contributed by atoms with Crippen molar-refractivity contribution in [1.82, 2.24) is 9.62 Å². The van der Waals surface area contributed by atoms with Gasteiger partial charge in [0.1, 0.15) is 5.75 Å². The van der Waals surface area contributed by atoms with Gasteiger partial charge in [0.15, 0.2) is 0 Å². The number of amides is 1. The van der Waals surface area contributed by atoms with Crippen LogP contribution in [0.1, 0.15) is 10.4 Å². The number of piperazine rings is 1. The number of benzene rings is 3. The lowest BCUT2D eigenvalue weighted by atomic mass is 10.2. The van der Waals surface area contributed by atoms with E-state index < -0.39 is 30.9 Å². The zero-order valence-corrected chi connectivity index (χ0v) is 23.2. The smallest absolute Gasteiger partial charge is 0.269 e. The molecule has 212 valence electrons. The molecule has 1 heterocycles. The first-order chi connectivity index (χ1) is 18.9. The summed E-state index contributed by atoms with van der Waals surface area (Å²) in [6, 6.07) is 13.8. The number of hydrogen-bond acceptors (Lipinski definition) is 10. The summed E-state index contributed by atoms with van der Waals surface area (Å²) in [5.41, 5.74) is 0.482. The zero-order valence-electron chi connectivity index (χ0n) is 21.6. The topological polar surface area (TPSA) is 168 Å². The van der Waals surface area contributed by atoms with Gasteiger partial charge in [0.05, 0.1) is 27.5 Å². The fraction of sp³-hybridized carbons (Fsp3) is 0.240. The van der Waals surface area contributed by atoms with E-state index in [2.05, 4.69) is 14.5 Å². The summed E-state index contributed by atoms with van der Waals surface area (Å²) in [6.07, 6.45) is 0. The number of nitro groups is 1. The molecule has 1 saturated heterocycles. The molecule has 1 amide bonds. The van der Waals surface area contributed by atoms with Gasteiger partial charge in [-0.1, -0.05) is 0 Å². The van der Waals surface area contributed by atoms with Crippen LogP contribution in [0.2, 0.25) is 0 Å². The summed E-state index contributed by atoms with van der Waals surface area (Å²) in [5, 5.41) is 10.8. The molecular weight excluding hydrogens is 562 g/mol. The molecule has 4 rings (SSSR count). The standard InChI is InChI=1S/C25H27N5O8S2/c1-28-13-15-29(16-14-28)23-17-22(11-12-24(23)38-2)40(36,37)26-19-5-3-18(4-6-19)25(31)27-39(34,35)21-9-7-20(8-10-21)30(32)33/h3-12,17,26H,13-16H2,1-2H3,(H,27,31). The number of rotatable bonds is 9. The maximum Gasteiger partial charge on any atom is 0.269 e. The van der Waals surface area contributed by atoms with Crippen LogP contribution in [0.15, 0.2) is 76.5 Å². The highest BCUT2D eigenvalue weighted by atomic mass is 32.2. The molecule has 1 aliphatic heterocycles. The number of methoxy groups -OCH3 is 1. The van der Waals surface area contributed by atoms with Crippen LogP contribution < -0.4 is 19.1 Å². The Morgan fingerprint density at radius 3 is 2.05 bits per heavy atom. The lowest BCUT2D eigenvalue weighted by Gasteiger charge is -2.34. The molecule has 0 aliphatic carbocycles. The number of nitrogens with one attached hydrogen (secondary N) is 2. The molecule has 40 heavy (non-hydrogen) atoms. The van der Waals surface area contributed by atoms with Crippen LogP contribution in [0, 0.1) is 10.1 Å². The van der Waals surface area contributed by atoms with Crippen molar-refractivity contribution < 1.29 is 31.3 Å². The van der Waals surface area contributed by atoms with E-state index in [4.69, 9.17) is 4.74 Å². The van der Waals surface area contributed by atoms with Gasteiger partial charge >= 0.3 is 0 Å². The third-order valence-corrected chi connectivity index (χ3v) is 9.01. The van der Waals surface area contributed by atoms with Gasteiger partial charge in [-0.25, -0.2) is 21.6 Å². The van der Waals surface area contributed by atoms with Gasteiger partial charge < -0.3 is 14.5 Å². The Morgan fingerprint density at radius 1 is 0.875 bits per heavy atom. The molecule has 3 aromatic carbocycles. The van der Waals surface area contributed by atoms with E-state index in [1.54, 1.807) is 12.1 Å². The van der Waals surface area contributed by atoms with E-state index in [0.29, 0.717) is 24.5 Å². The van der Waals surface area contributed by atoms with E-state index in [-0.39, 0.29) is 26.7 Å². The molecule has 15 heteroatoms. The Hall–Kier alpha value is -4.21. The van der Waals surface area contributed by atoms with Gasteiger partial charge in [-0.05, 0) is 61.6 Å². The van der Waals surface area contributed by atoms with Crippen molar-refractivity contribution in [2.75, 3.05) is 50.0 Å².